The largest absolute Gasteiger partial charge is 0.480 e. The maximum atomic E-state index is 12.7. The van der Waals surface area contributed by atoms with E-state index < -0.39 is 6.10 Å². The van der Waals surface area contributed by atoms with Crippen LogP contribution < -0.4 is 10.1 Å². The summed E-state index contributed by atoms with van der Waals surface area (Å²) in [6.45, 7) is 0. The molecule has 1 atom stereocenters. The van der Waals surface area contributed by atoms with Gasteiger partial charge in [0, 0.05) is 30.1 Å². The van der Waals surface area contributed by atoms with Gasteiger partial charge in [0.1, 0.15) is 5.75 Å². The van der Waals surface area contributed by atoms with Gasteiger partial charge in [-0.05, 0) is 52.2 Å². The average molecular weight is 366 g/mol. The van der Waals surface area contributed by atoms with Gasteiger partial charge in [0.25, 0.3) is 5.91 Å². The summed E-state index contributed by atoms with van der Waals surface area (Å²) < 4.78 is 5.92. The monoisotopic (exact) mass is 366 g/mol. The summed E-state index contributed by atoms with van der Waals surface area (Å²) in [5.74, 6) is 0.670. The number of nitrogens with one attached hydrogen (secondary N) is 1. The predicted molar refractivity (Wildman–Crippen MR) is 110 cm³/mol. The summed E-state index contributed by atoms with van der Waals surface area (Å²) >= 11 is 0. The molecule has 2 heterocycles. The molecular formula is C24H18N2O2. The highest BCUT2D eigenvalue weighted by atomic mass is 16.5. The van der Waals surface area contributed by atoms with E-state index in [1.54, 1.807) is 12.4 Å². The summed E-state index contributed by atoms with van der Waals surface area (Å²) in [4.78, 5) is 16.8. The second kappa shape index (κ2) is 6.82. The third-order valence-electron chi connectivity index (χ3n) is 5.11. The van der Waals surface area contributed by atoms with E-state index in [4.69, 9.17) is 4.74 Å². The molecule has 5 rings (SSSR count). The van der Waals surface area contributed by atoms with Gasteiger partial charge in [-0.3, -0.25) is 9.78 Å². The lowest BCUT2D eigenvalue weighted by molar-refractivity contribution is -0.122. The SMILES string of the molecule is O=C(Nc1ccc(-c2ccncc2)cc1)C1Cc2c(ccc3ccccc23)O1. The van der Waals surface area contributed by atoms with Crippen molar-refractivity contribution in [2.45, 2.75) is 12.5 Å². The van der Waals surface area contributed by atoms with Crippen molar-refractivity contribution in [2.24, 2.45) is 0 Å². The molecule has 1 unspecified atom stereocenters. The van der Waals surface area contributed by atoms with Crippen LogP contribution in [-0.2, 0) is 11.2 Å². The van der Waals surface area contributed by atoms with Crippen LogP contribution >= 0.6 is 0 Å². The molecule has 0 aliphatic carbocycles. The van der Waals surface area contributed by atoms with Gasteiger partial charge in [-0.15, -0.1) is 0 Å². The van der Waals surface area contributed by atoms with E-state index >= 15 is 0 Å². The number of aromatic nitrogens is 1. The second-order valence-corrected chi connectivity index (χ2v) is 6.88. The molecule has 28 heavy (non-hydrogen) atoms. The third-order valence-corrected chi connectivity index (χ3v) is 5.11. The number of anilines is 1. The first-order chi connectivity index (χ1) is 13.8. The minimum atomic E-state index is -0.513. The molecule has 4 aromatic rings. The quantitative estimate of drug-likeness (QED) is 0.564. The Morgan fingerprint density at radius 3 is 2.46 bits per heavy atom. The first-order valence-corrected chi connectivity index (χ1v) is 9.26. The Kier molecular flexibility index (Phi) is 4.02. The second-order valence-electron chi connectivity index (χ2n) is 6.88. The van der Waals surface area contributed by atoms with Crippen LogP contribution in [0, 0.1) is 0 Å². The van der Waals surface area contributed by atoms with Gasteiger partial charge in [0.05, 0.1) is 0 Å². The van der Waals surface area contributed by atoms with E-state index in [-0.39, 0.29) is 5.91 Å². The molecule has 4 heteroatoms. The van der Waals surface area contributed by atoms with E-state index in [1.807, 2.05) is 60.7 Å². The smallest absolute Gasteiger partial charge is 0.265 e. The van der Waals surface area contributed by atoms with Crippen molar-refractivity contribution >= 4 is 22.4 Å². The van der Waals surface area contributed by atoms with Crippen molar-refractivity contribution in [2.75, 3.05) is 5.32 Å². The van der Waals surface area contributed by atoms with Crippen molar-refractivity contribution in [3.63, 3.8) is 0 Å². The van der Waals surface area contributed by atoms with Crippen molar-refractivity contribution in [1.82, 2.24) is 4.98 Å². The molecule has 1 aliphatic rings. The van der Waals surface area contributed by atoms with Crippen LogP contribution in [0.15, 0.2) is 85.2 Å². The zero-order chi connectivity index (χ0) is 18.9. The van der Waals surface area contributed by atoms with E-state index in [0.29, 0.717) is 6.42 Å². The van der Waals surface area contributed by atoms with Crippen LogP contribution in [0.25, 0.3) is 21.9 Å². The van der Waals surface area contributed by atoms with E-state index in [2.05, 4.69) is 22.4 Å². The number of hydrogen-bond acceptors (Lipinski definition) is 3. The third kappa shape index (κ3) is 2.99. The normalized spacial score (nSPS) is 15.1. The Morgan fingerprint density at radius 2 is 1.64 bits per heavy atom. The minimum Gasteiger partial charge on any atom is -0.480 e. The first-order valence-electron chi connectivity index (χ1n) is 9.26. The summed E-state index contributed by atoms with van der Waals surface area (Å²) in [7, 11) is 0. The molecule has 1 N–H and O–H groups in total. The molecule has 0 bridgehead atoms. The lowest BCUT2D eigenvalue weighted by atomic mass is 10.0. The summed E-state index contributed by atoms with van der Waals surface area (Å²) in [5, 5.41) is 5.28. The van der Waals surface area contributed by atoms with Crippen LogP contribution in [0.2, 0.25) is 0 Å². The zero-order valence-corrected chi connectivity index (χ0v) is 15.1. The predicted octanol–water partition coefficient (Wildman–Crippen LogP) is 4.84. The van der Waals surface area contributed by atoms with Gasteiger partial charge in [-0.1, -0.05) is 42.5 Å². The number of carbonyl (C=O) groups is 1. The van der Waals surface area contributed by atoms with Gasteiger partial charge < -0.3 is 10.1 Å². The van der Waals surface area contributed by atoms with Crippen molar-refractivity contribution in [1.29, 1.82) is 0 Å². The number of fused-ring (bicyclic) bond motifs is 3. The standard InChI is InChI=1S/C24H18N2O2/c27-24(26-19-8-5-16(6-9-19)17-11-13-25-14-12-17)23-15-21-20-4-2-1-3-18(20)7-10-22(21)28-23/h1-14,23H,15H2,(H,26,27). The molecule has 0 spiro atoms. The topological polar surface area (TPSA) is 51.2 Å². The van der Waals surface area contributed by atoms with Crippen LogP contribution in [0.5, 0.6) is 5.75 Å². The van der Waals surface area contributed by atoms with Gasteiger partial charge in [-0.25, -0.2) is 0 Å². The Labute approximate surface area is 162 Å². The molecule has 0 saturated carbocycles. The summed E-state index contributed by atoms with van der Waals surface area (Å²) in [5.41, 5.74) is 4.03. The number of hydrogen-bond donors (Lipinski definition) is 1. The van der Waals surface area contributed by atoms with E-state index in [9.17, 15) is 4.79 Å². The number of carbonyl (C=O) groups excluding carboxylic acids is 1. The Balaban J connectivity index is 1.32. The Morgan fingerprint density at radius 1 is 0.893 bits per heavy atom. The number of amides is 1. The maximum absolute atomic E-state index is 12.7. The summed E-state index contributed by atoms with van der Waals surface area (Å²) in [6.07, 6.45) is 3.60. The highest BCUT2D eigenvalue weighted by Crippen LogP contribution is 2.35. The number of rotatable bonds is 3. The van der Waals surface area contributed by atoms with Crippen molar-refractivity contribution in [3.05, 3.63) is 90.8 Å². The average Bonchev–Trinajstić information content (AvgIpc) is 3.20. The molecule has 1 aromatic heterocycles. The number of pyridine rings is 1. The van der Waals surface area contributed by atoms with Crippen molar-refractivity contribution < 1.29 is 9.53 Å². The Bertz CT molecular complexity index is 1150. The molecule has 0 radical (unpaired) electrons. The van der Waals surface area contributed by atoms with Gasteiger partial charge >= 0.3 is 0 Å². The van der Waals surface area contributed by atoms with Gasteiger partial charge in [0.15, 0.2) is 6.10 Å². The van der Waals surface area contributed by atoms with E-state index in [1.165, 1.54) is 0 Å². The van der Waals surface area contributed by atoms with Gasteiger partial charge in [0.2, 0.25) is 0 Å². The highest BCUT2D eigenvalue weighted by molar-refractivity contribution is 5.97. The lowest BCUT2D eigenvalue weighted by Crippen LogP contribution is -2.31. The minimum absolute atomic E-state index is 0.128. The Hall–Kier alpha value is -3.66. The van der Waals surface area contributed by atoms with Crippen LogP contribution in [0.3, 0.4) is 0 Å². The molecule has 1 aliphatic heterocycles. The number of nitrogens with zero attached hydrogens (tertiary/aromatic N) is 1. The number of ether oxygens (including phenoxy) is 1. The van der Waals surface area contributed by atoms with Crippen LogP contribution in [-0.4, -0.2) is 17.0 Å². The fraction of sp³-hybridized carbons (Fsp3) is 0.0833. The molecule has 1 amide bonds. The highest BCUT2D eigenvalue weighted by Gasteiger charge is 2.30. The van der Waals surface area contributed by atoms with Crippen molar-refractivity contribution in [3.8, 4) is 16.9 Å². The molecular weight excluding hydrogens is 348 g/mol. The molecule has 0 fully saturated rings. The summed E-state index contributed by atoms with van der Waals surface area (Å²) in [6, 6.07) is 23.9. The molecule has 0 saturated heterocycles. The fourth-order valence-corrected chi connectivity index (χ4v) is 3.68. The van der Waals surface area contributed by atoms with Gasteiger partial charge in [-0.2, -0.15) is 0 Å². The fourth-order valence-electron chi connectivity index (χ4n) is 3.68. The lowest BCUT2D eigenvalue weighted by Gasteiger charge is -2.12. The van der Waals surface area contributed by atoms with Crippen LogP contribution in [0.4, 0.5) is 5.69 Å². The maximum Gasteiger partial charge on any atom is 0.265 e. The zero-order valence-electron chi connectivity index (χ0n) is 15.1. The van der Waals surface area contributed by atoms with Crippen LogP contribution in [0.1, 0.15) is 5.56 Å². The first kappa shape index (κ1) is 16.5. The van der Waals surface area contributed by atoms with E-state index in [0.717, 1.165) is 38.9 Å². The molecule has 136 valence electrons. The molecule has 4 nitrogen and oxygen atoms in total. The molecule has 3 aromatic carbocycles. The number of benzene rings is 3.